The molecule has 1 rings (SSSR count). The number of carboxylic acids is 1. The maximum atomic E-state index is 11.1. The number of rotatable bonds is 6. The van der Waals surface area contributed by atoms with E-state index in [1.165, 1.54) is 24.0 Å². The number of hydrogen-bond acceptors (Lipinski definition) is 5. The monoisotopic (exact) mass is 272 g/mol. The van der Waals surface area contributed by atoms with E-state index < -0.39 is 17.4 Å². The molecule has 0 radical (unpaired) electrons. The summed E-state index contributed by atoms with van der Waals surface area (Å²) in [5.74, 6) is -1.10. The molecule has 0 aromatic carbocycles. The number of aromatic nitrogens is 1. The van der Waals surface area contributed by atoms with Gasteiger partial charge in [-0.3, -0.25) is 9.59 Å². The molecule has 18 heavy (non-hydrogen) atoms. The Balaban J connectivity index is 2.74. The van der Waals surface area contributed by atoms with Crippen molar-refractivity contribution in [3.8, 4) is 5.75 Å². The SMILES string of the molecule is CCC(SC[C@H](N)C(=O)O)n1ccc(=O)c(O)c1. The first kappa shape index (κ1) is 14.6. The third-order valence-corrected chi connectivity index (χ3v) is 3.90. The van der Waals surface area contributed by atoms with Gasteiger partial charge in [0.25, 0.3) is 0 Å². The smallest absolute Gasteiger partial charge is 0.321 e. The van der Waals surface area contributed by atoms with Gasteiger partial charge in [0.1, 0.15) is 6.04 Å². The van der Waals surface area contributed by atoms with Crippen LogP contribution < -0.4 is 11.2 Å². The first-order valence-electron chi connectivity index (χ1n) is 5.46. The van der Waals surface area contributed by atoms with Gasteiger partial charge in [0, 0.05) is 18.0 Å². The van der Waals surface area contributed by atoms with Crippen molar-refractivity contribution in [2.75, 3.05) is 5.75 Å². The van der Waals surface area contributed by atoms with E-state index in [0.717, 1.165) is 6.42 Å². The van der Waals surface area contributed by atoms with Crippen LogP contribution in [0.3, 0.4) is 0 Å². The predicted octanol–water partition coefficient (Wildman–Crippen LogP) is 0.608. The molecule has 0 spiro atoms. The summed E-state index contributed by atoms with van der Waals surface area (Å²) in [6.45, 7) is 1.93. The number of carbonyl (C=O) groups is 1. The van der Waals surface area contributed by atoms with Gasteiger partial charge in [-0.25, -0.2) is 0 Å². The van der Waals surface area contributed by atoms with Crippen molar-refractivity contribution in [1.29, 1.82) is 0 Å². The van der Waals surface area contributed by atoms with Gasteiger partial charge in [0.15, 0.2) is 5.75 Å². The zero-order valence-corrected chi connectivity index (χ0v) is 10.8. The molecule has 0 saturated heterocycles. The van der Waals surface area contributed by atoms with Crippen LogP contribution in [-0.2, 0) is 4.79 Å². The normalized spacial score (nSPS) is 14.1. The lowest BCUT2D eigenvalue weighted by Gasteiger charge is -2.19. The fourth-order valence-corrected chi connectivity index (χ4v) is 2.48. The summed E-state index contributed by atoms with van der Waals surface area (Å²) in [4.78, 5) is 21.7. The van der Waals surface area contributed by atoms with Gasteiger partial charge in [-0.1, -0.05) is 6.92 Å². The molecule has 0 aliphatic heterocycles. The van der Waals surface area contributed by atoms with Crippen LogP contribution in [0.4, 0.5) is 0 Å². The van der Waals surface area contributed by atoms with Gasteiger partial charge in [-0.05, 0) is 6.42 Å². The van der Waals surface area contributed by atoms with E-state index >= 15 is 0 Å². The summed E-state index contributed by atoms with van der Waals surface area (Å²) in [6.07, 6.45) is 3.63. The molecule has 7 heteroatoms. The number of aliphatic carboxylic acids is 1. The Morgan fingerprint density at radius 2 is 2.28 bits per heavy atom. The summed E-state index contributed by atoms with van der Waals surface area (Å²) in [5, 5.41) is 18.0. The van der Waals surface area contributed by atoms with E-state index in [1.807, 2.05) is 6.92 Å². The average molecular weight is 272 g/mol. The average Bonchev–Trinajstić information content (AvgIpc) is 2.33. The topological polar surface area (TPSA) is 106 Å². The van der Waals surface area contributed by atoms with E-state index in [1.54, 1.807) is 10.8 Å². The van der Waals surface area contributed by atoms with Crippen LogP contribution in [0.5, 0.6) is 5.75 Å². The van der Waals surface area contributed by atoms with Crippen molar-refractivity contribution in [2.45, 2.75) is 24.8 Å². The molecule has 2 atom stereocenters. The van der Waals surface area contributed by atoms with E-state index in [0.29, 0.717) is 0 Å². The van der Waals surface area contributed by atoms with Crippen molar-refractivity contribution < 1.29 is 15.0 Å². The second-order valence-corrected chi connectivity index (χ2v) is 4.99. The van der Waals surface area contributed by atoms with Crippen molar-refractivity contribution in [1.82, 2.24) is 4.57 Å². The van der Waals surface area contributed by atoms with Crippen molar-refractivity contribution in [2.24, 2.45) is 5.73 Å². The molecule has 4 N–H and O–H groups in total. The van der Waals surface area contributed by atoms with Gasteiger partial charge < -0.3 is 20.5 Å². The Hall–Kier alpha value is -1.47. The third kappa shape index (κ3) is 3.78. The largest absolute Gasteiger partial charge is 0.503 e. The third-order valence-electron chi connectivity index (χ3n) is 2.39. The second-order valence-electron chi connectivity index (χ2n) is 3.78. The molecule has 0 bridgehead atoms. The summed E-state index contributed by atoms with van der Waals surface area (Å²) in [7, 11) is 0. The highest BCUT2D eigenvalue weighted by Crippen LogP contribution is 2.26. The van der Waals surface area contributed by atoms with Crippen molar-refractivity contribution in [3.63, 3.8) is 0 Å². The first-order chi connectivity index (χ1) is 8.45. The Kier molecular flexibility index (Phi) is 5.24. The molecular weight excluding hydrogens is 256 g/mol. The highest BCUT2D eigenvalue weighted by Gasteiger charge is 2.16. The Morgan fingerprint density at radius 3 is 2.78 bits per heavy atom. The minimum Gasteiger partial charge on any atom is -0.503 e. The van der Waals surface area contributed by atoms with Gasteiger partial charge >= 0.3 is 5.97 Å². The van der Waals surface area contributed by atoms with E-state index in [4.69, 9.17) is 10.8 Å². The molecular formula is C11H16N2O4S. The van der Waals surface area contributed by atoms with E-state index in [-0.39, 0.29) is 16.9 Å². The maximum Gasteiger partial charge on any atom is 0.321 e. The molecule has 0 aliphatic rings. The van der Waals surface area contributed by atoms with Crippen molar-refractivity contribution >= 4 is 17.7 Å². The number of hydrogen-bond donors (Lipinski definition) is 3. The van der Waals surface area contributed by atoms with Crippen LogP contribution in [0.1, 0.15) is 18.7 Å². The van der Waals surface area contributed by atoms with Crippen LogP contribution in [0.2, 0.25) is 0 Å². The molecule has 0 amide bonds. The predicted molar refractivity (Wildman–Crippen MR) is 69.8 cm³/mol. The molecule has 1 unspecified atom stereocenters. The standard InChI is InChI=1S/C11H16N2O4S/c1-2-10(18-6-7(12)11(16)17)13-4-3-8(14)9(15)5-13/h3-5,7,10,15H,2,6,12H2,1H3,(H,16,17)/t7-,10?/m0/s1. The highest BCUT2D eigenvalue weighted by molar-refractivity contribution is 7.99. The van der Waals surface area contributed by atoms with Crippen LogP contribution in [0.15, 0.2) is 23.3 Å². The lowest BCUT2D eigenvalue weighted by atomic mass is 10.4. The van der Waals surface area contributed by atoms with Crippen LogP contribution in [0, 0.1) is 0 Å². The minimum atomic E-state index is -1.04. The van der Waals surface area contributed by atoms with Gasteiger partial charge in [0.2, 0.25) is 5.43 Å². The summed E-state index contributed by atoms with van der Waals surface area (Å²) in [5.41, 5.74) is 4.99. The molecule has 0 fully saturated rings. The lowest BCUT2D eigenvalue weighted by molar-refractivity contribution is -0.137. The highest BCUT2D eigenvalue weighted by atomic mass is 32.2. The second kappa shape index (κ2) is 6.46. The van der Waals surface area contributed by atoms with Crippen LogP contribution in [0.25, 0.3) is 0 Å². The first-order valence-corrected chi connectivity index (χ1v) is 6.51. The molecule has 1 aromatic rings. The Bertz CT molecular complexity index is 474. The summed E-state index contributed by atoms with van der Waals surface area (Å²) >= 11 is 1.37. The zero-order valence-electron chi connectivity index (χ0n) is 9.94. The van der Waals surface area contributed by atoms with Gasteiger partial charge in [-0.2, -0.15) is 0 Å². The molecule has 0 saturated carbocycles. The number of thioether (sulfide) groups is 1. The van der Waals surface area contributed by atoms with Crippen molar-refractivity contribution in [3.05, 3.63) is 28.7 Å². The number of nitrogens with zero attached hydrogens (tertiary/aromatic N) is 1. The lowest BCUT2D eigenvalue weighted by Crippen LogP contribution is -2.33. The fourth-order valence-electron chi connectivity index (χ4n) is 1.37. The number of aromatic hydroxyl groups is 1. The van der Waals surface area contributed by atoms with Gasteiger partial charge in [-0.15, -0.1) is 11.8 Å². The minimum absolute atomic E-state index is 0.0677. The quantitative estimate of drug-likeness (QED) is 0.700. The number of carboxylic acid groups (broad SMARTS) is 1. The van der Waals surface area contributed by atoms with Gasteiger partial charge in [0.05, 0.1) is 11.6 Å². The molecule has 0 aliphatic carbocycles. The molecule has 6 nitrogen and oxygen atoms in total. The number of pyridine rings is 1. The van der Waals surface area contributed by atoms with Crippen LogP contribution >= 0.6 is 11.8 Å². The zero-order chi connectivity index (χ0) is 13.7. The summed E-state index contributed by atoms with van der Waals surface area (Å²) < 4.78 is 1.68. The number of nitrogens with two attached hydrogens (primary N) is 1. The maximum absolute atomic E-state index is 11.1. The molecule has 1 heterocycles. The Labute approximate surface area is 108 Å². The van der Waals surface area contributed by atoms with E-state index in [9.17, 15) is 14.7 Å². The molecule has 100 valence electrons. The summed E-state index contributed by atoms with van der Waals surface area (Å²) in [6, 6.07) is 0.354. The Morgan fingerprint density at radius 1 is 1.61 bits per heavy atom. The van der Waals surface area contributed by atoms with Crippen LogP contribution in [-0.4, -0.2) is 32.5 Å². The molecule has 1 aromatic heterocycles. The van der Waals surface area contributed by atoms with E-state index in [2.05, 4.69) is 0 Å². The fraction of sp³-hybridized carbons (Fsp3) is 0.455.